The molecule has 0 bridgehead atoms. The number of hydrogen-bond donors (Lipinski definition) is 4. The van der Waals surface area contributed by atoms with Crippen molar-refractivity contribution in [2.24, 2.45) is 0 Å². The molecule has 4 N–H and O–H groups in total. The molecule has 11 nitrogen and oxygen atoms in total. The lowest BCUT2D eigenvalue weighted by Gasteiger charge is -2.04. The summed E-state index contributed by atoms with van der Waals surface area (Å²) in [5, 5.41) is 44.1. The van der Waals surface area contributed by atoms with Crippen LogP contribution in [0.5, 0.6) is 0 Å². The Labute approximate surface area is 89.7 Å². The fourth-order valence-electron chi connectivity index (χ4n) is 0.307. The van der Waals surface area contributed by atoms with Gasteiger partial charge < -0.3 is 25.4 Å². The van der Waals surface area contributed by atoms with Crippen molar-refractivity contribution in [3.05, 3.63) is 20.2 Å². The van der Waals surface area contributed by atoms with Crippen molar-refractivity contribution in [3.8, 4) is 0 Å². The van der Waals surface area contributed by atoms with Crippen LogP contribution in [0.4, 0.5) is 0 Å². The predicted octanol–water partition coefficient (Wildman–Crippen LogP) is -1.32. The molecule has 0 spiro atoms. The van der Waals surface area contributed by atoms with Gasteiger partial charge in [0.2, 0.25) is 0 Å². The molecule has 0 fully saturated rings. The molecular weight excluding hydrogens is 232 g/mol. The van der Waals surface area contributed by atoms with Crippen LogP contribution >= 0.6 is 0 Å². The van der Waals surface area contributed by atoms with Gasteiger partial charge in [0.05, 0.1) is 13.2 Å². The number of nitrogens with zero attached hydrogens (tertiary/aromatic N) is 2. The van der Waals surface area contributed by atoms with Crippen molar-refractivity contribution in [1.82, 2.24) is 0 Å². The summed E-state index contributed by atoms with van der Waals surface area (Å²) < 4.78 is 4.78. The predicted molar refractivity (Wildman–Crippen MR) is 47.1 cm³/mol. The summed E-state index contributed by atoms with van der Waals surface area (Å²) in [6.45, 7) is 2.42. The van der Waals surface area contributed by atoms with Crippen molar-refractivity contribution >= 4 is 0 Å². The maximum atomic E-state index is 8.61. The Bertz CT molecular complexity index is 155. The van der Waals surface area contributed by atoms with Gasteiger partial charge in [-0.25, -0.2) is 0 Å². The zero-order valence-electron chi connectivity index (χ0n) is 8.42. The third-order valence-electron chi connectivity index (χ3n) is 0.725. The van der Waals surface area contributed by atoms with Crippen LogP contribution in [0.1, 0.15) is 6.92 Å². The van der Waals surface area contributed by atoms with E-state index in [9.17, 15) is 0 Å². The minimum absolute atomic E-state index is 0.222. The maximum absolute atomic E-state index is 8.61. The quantitative estimate of drug-likeness (QED) is 0.346. The molecule has 0 rings (SSSR count). The zero-order chi connectivity index (χ0) is 13.6. The minimum atomic E-state index is -1.50. The first-order chi connectivity index (χ1) is 7.27. The summed E-state index contributed by atoms with van der Waals surface area (Å²) in [6, 6.07) is 0. The number of aliphatic hydroxyl groups excluding tert-OH is 2. The highest BCUT2D eigenvalue weighted by Crippen LogP contribution is 1.81. The van der Waals surface area contributed by atoms with Crippen LogP contribution < -0.4 is 0 Å². The highest BCUT2D eigenvalue weighted by molar-refractivity contribution is 4.47. The van der Waals surface area contributed by atoms with E-state index in [2.05, 4.69) is 0 Å². The standard InChI is InChI=1S/C5H12O3.2HNO3/c1-2-8-4-5(7)3-6;2*2-1(3)4/h5-7H,2-4H2,1H3;2*(H,2,3,4). The van der Waals surface area contributed by atoms with Crippen molar-refractivity contribution in [3.63, 3.8) is 0 Å². The molecule has 0 amide bonds. The fourth-order valence-corrected chi connectivity index (χ4v) is 0.307. The monoisotopic (exact) mass is 246 g/mol. The number of rotatable bonds is 4. The zero-order valence-corrected chi connectivity index (χ0v) is 8.42. The number of aliphatic hydroxyl groups is 2. The van der Waals surface area contributed by atoms with Crippen LogP contribution in [0, 0.1) is 20.2 Å². The van der Waals surface area contributed by atoms with Crippen LogP contribution in [-0.4, -0.2) is 56.7 Å². The first-order valence-electron chi connectivity index (χ1n) is 3.81. The van der Waals surface area contributed by atoms with Crippen LogP contribution in [-0.2, 0) is 4.74 Å². The second-order valence-corrected chi connectivity index (χ2v) is 1.97. The van der Waals surface area contributed by atoms with Gasteiger partial charge in [0.25, 0.3) is 10.2 Å². The summed E-state index contributed by atoms with van der Waals surface area (Å²) in [5.74, 6) is 0. The minimum Gasteiger partial charge on any atom is -0.394 e. The normalized spacial score (nSPS) is 9.94. The van der Waals surface area contributed by atoms with Gasteiger partial charge in [-0.1, -0.05) is 0 Å². The largest absolute Gasteiger partial charge is 0.394 e. The molecule has 11 heteroatoms. The van der Waals surface area contributed by atoms with Gasteiger partial charge in [-0.15, -0.1) is 20.2 Å². The first-order valence-corrected chi connectivity index (χ1v) is 3.81. The molecule has 0 aliphatic heterocycles. The van der Waals surface area contributed by atoms with E-state index in [-0.39, 0.29) is 13.2 Å². The Kier molecular flexibility index (Phi) is 19.5. The van der Waals surface area contributed by atoms with Crippen molar-refractivity contribution in [1.29, 1.82) is 0 Å². The Morgan fingerprint density at radius 3 is 1.75 bits per heavy atom. The molecule has 98 valence electrons. The fraction of sp³-hybridized carbons (Fsp3) is 1.00. The summed E-state index contributed by atoms with van der Waals surface area (Å²) in [7, 11) is 0. The van der Waals surface area contributed by atoms with Crippen molar-refractivity contribution < 1.29 is 35.5 Å². The summed E-state index contributed by atoms with van der Waals surface area (Å²) in [4.78, 5) is 16.7. The number of hydrogen-bond acceptors (Lipinski definition) is 7. The molecule has 0 radical (unpaired) electrons. The summed E-state index contributed by atoms with van der Waals surface area (Å²) in [6.07, 6.45) is -0.713. The SMILES string of the molecule is CCOCC(O)CO.O=[N+]([O-])O.O=[N+]([O-])O. The average molecular weight is 246 g/mol. The highest BCUT2D eigenvalue weighted by atomic mass is 16.9. The van der Waals surface area contributed by atoms with Gasteiger partial charge in [0, 0.05) is 6.61 Å². The molecule has 0 saturated carbocycles. The Hall–Kier alpha value is -1.72. The van der Waals surface area contributed by atoms with E-state index in [0.29, 0.717) is 6.61 Å². The molecule has 16 heavy (non-hydrogen) atoms. The van der Waals surface area contributed by atoms with Crippen molar-refractivity contribution in [2.45, 2.75) is 13.0 Å². The van der Waals surface area contributed by atoms with Crippen molar-refractivity contribution in [2.75, 3.05) is 19.8 Å². The van der Waals surface area contributed by atoms with E-state index >= 15 is 0 Å². The molecule has 0 aliphatic carbocycles. The Morgan fingerprint density at radius 1 is 1.25 bits per heavy atom. The summed E-state index contributed by atoms with van der Waals surface area (Å²) >= 11 is 0. The van der Waals surface area contributed by atoms with Gasteiger partial charge in [-0.05, 0) is 6.92 Å². The van der Waals surface area contributed by atoms with E-state index in [0.717, 1.165) is 0 Å². The van der Waals surface area contributed by atoms with Gasteiger partial charge in [0.1, 0.15) is 6.10 Å². The highest BCUT2D eigenvalue weighted by Gasteiger charge is 1.98. The number of ether oxygens (including phenoxy) is 1. The van der Waals surface area contributed by atoms with Crippen LogP contribution in [0.15, 0.2) is 0 Å². The van der Waals surface area contributed by atoms with E-state index in [4.69, 9.17) is 45.6 Å². The van der Waals surface area contributed by atoms with Crippen LogP contribution in [0.25, 0.3) is 0 Å². The molecule has 1 atom stereocenters. The molecular formula is C5H14N2O9. The topological polar surface area (TPSA) is 176 Å². The second kappa shape index (κ2) is 15.7. The molecule has 0 aliphatic rings. The molecule has 0 heterocycles. The molecule has 0 aromatic carbocycles. The smallest absolute Gasteiger partial charge is 0.291 e. The third kappa shape index (κ3) is 85.3. The first kappa shape index (κ1) is 19.8. The van der Waals surface area contributed by atoms with Gasteiger partial charge in [-0.3, -0.25) is 0 Å². The lowest BCUT2D eigenvalue weighted by Crippen LogP contribution is -2.19. The Balaban J connectivity index is -0.000000179. The maximum Gasteiger partial charge on any atom is 0.291 e. The molecule has 0 saturated heterocycles. The van der Waals surface area contributed by atoms with Crippen LogP contribution in [0.3, 0.4) is 0 Å². The summed E-state index contributed by atoms with van der Waals surface area (Å²) in [5.41, 5.74) is 0. The van der Waals surface area contributed by atoms with Gasteiger partial charge in [0.15, 0.2) is 0 Å². The Morgan fingerprint density at radius 2 is 1.56 bits per heavy atom. The van der Waals surface area contributed by atoms with E-state index in [1.165, 1.54) is 0 Å². The lowest BCUT2D eigenvalue weighted by molar-refractivity contribution is -0.742. The van der Waals surface area contributed by atoms with Gasteiger partial charge >= 0.3 is 0 Å². The molecule has 0 aromatic heterocycles. The van der Waals surface area contributed by atoms with Gasteiger partial charge in [-0.2, -0.15) is 0 Å². The average Bonchev–Trinajstić information content (AvgIpc) is 2.12. The molecule has 0 aromatic rings. The van der Waals surface area contributed by atoms with E-state index in [1.54, 1.807) is 0 Å². The van der Waals surface area contributed by atoms with E-state index < -0.39 is 16.3 Å². The second-order valence-electron chi connectivity index (χ2n) is 1.97. The van der Waals surface area contributed by atoms with E-state index in [1.807, 2.05) is 6.92 Å². The molecule has 1 unspecified atom stereocenters. The van der Waals surface area contributed by atoms with Crippen LogP contribution in [0.2, 0.25) is 0 Å². The third-order valence-corrected chi connectivity index (χ3v) is 0.725. The lowest BCUT2D eigenvalue weighted by atomic mass is 10.4.